The van der Waals surface area contributed by atoms with Gasteiger partial charge in [0.1, 0.15) is 18.2 Å². The Morgan fingerprint density at radius 1 is 1.32 bits per heavy atom. The molecule has 1 aromatic carbocycles. The van der Waals surface area contributed by atoms with E-state index in [0.717, 1.165) is 16.9 Å². The topological polar surface area (TPSA) is 108 Å². The van der Waals surface area contributed by atoms with Crippen LogP contribution in [-0.4, -0.2) is 36.7 Å². The second-order valence-electron chi connectivity index (χ2n) is 5.62. The van der Waals surface area contributed by atoms with Crippen molar-refractivity contribution in [3.05, 3.63) is 52.6 Å². The number of hydrogen-bond donors (Lipinski definition) is 1. The maximum atomic E-state index is 11.9. The van der Waals surface area contributed by atoms with Crippen molar-refractivity contribution in [3.8, 4) is 0 Å². The molecule has 9 heteroatoms. The smallest absolute Gasteiger partial charge is 0.306 e. The number of aryl methyl sites for hydroxylation is 2. The molecule has 9 nitrogen and oxygen atoms in total. The van der Waals surface area contributed by atoms with Crippen LogP contribution in [0.25, 0.3) is 11.0 Å². The first kappa shape index (κ1) is 16.6. The highest BCUT2D eigenvalue weighted by Crippen LogP contribution is 2.14. The van der Waals surface area contributed by atoms with Crippen molar-refractivity contribution in [2.75, 3.05) is 6.54 Å². The van der Waals surface area contributed by atoms with E-state index < -0.39 is 4.92 Å². The van der Waals surface area contributed by atoms with Crippen molar-refractivity contribution in [1.82, 2.24) is 24.6 Å². The Balaban J connectivity index is 1.49. The molecule has 1 N–H and O–H groups in total. The van der Waals surface area contributed by atoms with E-state index in [1.165, 1.54) is 17.1 Å². The van der Waals surface area contributed by atoms with E-state index >= 15 is 0 Å². The van der Waals surface area contributed by atoms with Gasteiger partial charge in [0.15, 0.2) is 0 Å². The van der Waals surface area contributed by atoms with Crippen LogP contribution in [0.3, 0.4) is 0 Å². The molecule has 25 heavy (non-hydrogen) atoms. The summed E-state index contributed by atoms with van der Waals surface area (Å²) in [5.74, 6) is 0.777. The number of carbonyl (C=O) groups is 1. The number of amides is 1. The Labute approximate surface area is 143 Å². The highest BCUT2D eigenvalue weighted by molar-refractivity contribution is 5.76. The van der Waals surface area contributed by atoms with E-state index in [4.69, 9.17) is 0 Å². The van der Waals surface area contributed by atoms with Crippen molar-refractivity contribution in [3.63, 3.8) is 0 Å². The van der Waals surface area contributed by atoms with Crippen LogP contribution in [0.2, 0.25) is 0 Å². The maximum absolute atomic E-state index is 11.9. The standard InChI is InChI=1S/C16H18N6O3/c1-12-19-14-4-2-3-5-15(14)21(12)9-7-17-16(23)6-8-20-11-13(10-18-20)22(24)25/h2-5,10-11H,6-9H2,1H3,(H,17,23). The third-order valence-corrected chi connectivity index (χ3v) is 3.90. The molecule has 2 aromatic heterocycles. The third-order valence-electron chi connectivity index (χ3n) is 3.90. The third kappa shape index (κ3) is 3.82. The van der Waals surface area contributed by atoms with E-state index in [9.17, 15) is 14.9 Å². The molecule has 0 unspecified atom stereocenters. The molecule has 1 amide bonds. The highest BCUT2D eigenvalue weighted by atomic mass is 16.6. The summed E-state index contributed by atoms with van der Waals surface area (Å²) in [5, 5.41) is 17.3. The van der Waals surface area contributed by atoms with Crippen LogP contribution < -0.4 is 5.32 Å². The summed E-state index contributed by atoms with van der Waals surface area (Å²) in [6.07, 6.45) is 2.70. The Hall–Kier alpha value is -3.23. The highest BCUT2D eigenvalue weighted by Gasteiger charge is 2.10. The number of para-hydroxylation sites is 2. The van der Waals surface area contributed by atoms with E-state index in [2.05, 4.69) is 20.0 Å². The van der Waals surface area contributed by atoms with E-state index in [1.807, 2.05) is 31.2 Å². The van der Waals surface area contributed by atoms with Gasteiger partial charge in [-0.25, -0.2) is 4.98 Å². The van der Waals surface area contributed by atoms with Gasteiger partial charge < -0.3 is 9.88 Å². The van der Waals surface area contributed by atoms with Gasteiger partial charge >= 0.3 is 5.69 Å². The van der Waals surface area contributed by atoms with Crippen molar-refractivity contribution < 1.29 is 9.72 Å². The van der Waals surface area contributed by atoms with Crippen LogP contribution >= 0.6 is 0 Å². The molecule has 3 rings (SSSR count). The molecule has 0 saturated carbocycles. The number of nitro groups is 1. The molecule has 0 radical (unpaired) electrons. The van der Waals surface area contributed by atoms with Crippen LogP contribution in [0.15, 0.2) is 36.7 Å². The molecule has 3 aromatic rings. The van der Waals surface area contributed by atoms with Gasteiger partial charge in [0.05, 0.1) is 16.0 Å². The minimum absolute atomic E-state index is 0.0807. The molecule has 2 heterocycles. The van der Waals surface area contributed by atoms with Crippen LogP contribution in [-0.2, 0) is 17.9 Å². The second kappa shape index (κ2) is 7.12. The molecular formula is C16H18N6O3. The van der Waals surface area contributed by atoms with Crippen molar-refractivity contribution >= 4 is 22.6 Å². The molecule has 0 aliphatic carbocycles. The summed E-state index contributed by atoms with van der Waals surface area (Å²) >= 11 is 0. The Kier molecular flexibility index (Phi) is 4.73. The van der Waals surface area contributed by atoms with Gasteiger partial charge in [-0.05, 0) is 19.1 Å². The molecule has 0 bridgehead atoms. The SMILES string of the molecule is Cc1nc2ccccc2n1CCNC(=O)CCn1cc([N+](=O)[O-])cn1. The number of hydrogen-bond acceptors (Lipinski definition) is 5. The Morgan fingerprint density at radius 3 is 2.88 bits per heavy atom. The fraction of sp³-hybridized carbons (Fsp3) is 0.312. The lowest BCUT2D eigenvalue weighted by atomic mass is 10.3. The van der Waals surface area contributed by atoms with Crippen molar-refractivity contribution in [1.29, 1.82) is 0 Å². The number of nitrogens with zero attached hydrogens (tertiary/aromatic N) is 5. The minimum atomic E-state index is -0.513. The lowest BCUT2D eigenvalue weighted by Gasteiger charge is -2.08. The quantitative estimate of drug-likeness (QED) is 0.519. The van der Waals surface area contributed by atoms with Crippen LogP contribution in [0, 0.1) is 17.0 Å². The van der Waals surface area contributed by atoms with Gasteiger partial charge in [-0.1, -0.05) is 12.1 Å². The van der Waals surface area contributed by atoms with Gasteiger partial charge in [-0.3, -0.25) is 19.6 Å². The molecule has 0 spiro atoms. The molecule has 0 aliphatic heterocycles. The fourth-order valence-electron chi connectivity index (χ4n) is 2.66. The van der Waals surface area contributed by atoms with Crippen LogP contribution in [0.1, 0.15) is 12.2 Å². The van der Waals surface area contributed by atoms with Gasteiger partial charge in [0, 0.05) is 26.1 Å². The zero-order valence-electron chi connectivity index (χ0n) is 13.8. The van der Waals surface area contributed by atoms with Crippen molar-refractivity contribution in [2.45, 2.75) is 26.4 Å². The summed E-state index contributed by atoms with van der Waals surface area (Å²) < 4.78 is 3.46. The van der Waals surface area contributed by atoms with E-state index in [1.54, 1.807) is 0 Å². The Bertz CT molecular complexity index is 914. The first-order chi connectivity index (χ1) is 12.0. The molecule has 0 fully saturated rings. The maximum Gasteiger partial charge on any atom is 0.306 e. The van der Waals surface area contributed by atoms with E-state index in [-0.39, 0.29) is 18.0 Å². The zero-order valence-corrected chi connectivity index (χ0v) is 13.8. The summed E-state index contributed by atoms with van der Waals surface area (Å²) in [5.41, 5.74) is 1.90. The number of fused-ring (bicyclic) bond motifs is 1. The van der Waals surface area contributed by atoms with Crippen molar-refractivity contribution in [2.24, 2.45) is 0 Å². The fourth-order valence-corrected chi connectivity index (χ4v) is 2.66. The normalized spacial score (nSPS) is 10.9. The van der Waals surface area contributed by atoms with Gasteiger partial charge in [0.25, 0.3) is 0 Å². The molecule has 0 aliphatic rings. The molecule has 0 atom stereocenters. The number of rotatable bonds is 7. The first-order valence-corrected chi connectivity index (χ1v) is 7.90. The number of nitrogens with one attached hydrogen (secondary N) is 1. The zero-order chi connectivity index (χ0) is 17.8. The number of imidazole rings is 1. The summed E-state index contributed by atoms with van der Waals surface area (Å²) in [6, 6.07) is 7.87. The predicted molar refractivity (Wildman–Crippen MR) is 91.0 cm³/mol. The summed E-state index contributed by atoms with van der Waals surface area (Å²) in [6.45, 7) is 3.35. The monoisotopic (exact) mass is 342 g/mol. The number of aromatic nitrogens is 4. The summed E-state index contributed by atoms with van der Waals surface area (Å²) in [7, 11) is 0. The molecule has 130 valence electrons. The average Bonchev–Trinajstić information content (AvgIpc) is 3.18. The average molecular weight is 342 g/mol. The van der Waals surface area contributed by atoms with Gasteiger partial charge in [0.2, 0.25) is 5.91 Å². The lowest BCUT2D eigenvalue weighted by molar-refractivity contribution is -0.385. The van der Waals surface area contributed by atoms with Crippen LogP contribution in [0.5, 0.6) is 0 Å². The molecular weight excluding hydrogens is 324 g/mol. The van der Waals surface area contributed by atoms with Crippen LogP contribution in [0.4, 0.5) is 5.69 Å². The predicted octanol–water partition coefficient (Wildman–Crippen LogP) is 1.66. The van der Waals surface area contributed by atoms with Gasteiger partial charge in [-0.15, -0.1) is 0 Å². The first-order valence-electron chi connectivity index (χ1n) is 7.90. The largest absolute Gasteiger partial charge is 0.354 e. The second-order valence-corrected chi connectivity index (χ2v) is 5.62. The number of carbonyl (C=O) groups excluding carboxylic acids is 1. The lowest BCUT2D eigenvalue weighted by Crippen LogP contribution is -2.28. The summed E-state index contributed by atoms with van der Waals surface area (Å²) in [4.78, 5) is 26.5. The molecule has 0 saturated heterocycles. The minimum Gasteiger partial charge on any atom is -0.354 e. The van der Waals surface area contributed by atoms with E-state index in [0.29, 0.717) is 19.6 Å². The van der Waals surface area contributed by atoms with Gasteiger partial charge in [-0.2, -0.15) is 5.10 Å². The number of benzene rings is 1. The Morgan fingerprint density at radius 2 is 2.12 bits per heavy atom.